The average molecular weight is 327 g/mol. The van der Waals surface area contributed by atoms with Crippen molar-refractivity contribution in [1.82, 2.24) is 5.32 Å². The average Bonchev–Trinajstić information content (AvgIpc) is 3.05. The molecule has 24 heavy (non-hydrogen) atoms. The van der Waals surface area contributed by atoms with Gasteiger partial charge in [0.15, 0.2) is 6.10 Å². The van der Waals surface area contributed by atoms with Crippen LogP contribution in [-0.4, -0.2) is 12.0 Å². The molecule has 3 aromatic rings. The first-order chi connectivity index (χ1) is 11.5. The number of aryl methyl sites for hydroxylation is 1. The van der Waals surface area contributed by atoms with E-state index in [0.29, 0.717) is 23.6 Å². The van der Waals surface area contributed by atoms with Crippen LogP contribution in [0.3, 0.4) is 0 Å². The number of hydrogen-bond donors (Lipinski definition) is 1. The quantitative estimate of drug-likeness (QED) is 0.729. The van der Waals surface area contributed by atoms with E-state index >= 15 is 0 Å². The minimum atomic E-state index is -0.700. The molecular weight excluding hydrogens is 310 g/mol. The molecule has 2 aromatic heterocycles. The van der Waals surface area contributed by atoms with Gasteiger partial charge in [0.05, 0.1) is 12.8 Å². The summed E-state index contributed by atoms with van der Waals surface area (Å²) in [7, 11) is 0. The lowest BCUT2D eigenvalue weighted by atomic mass is 10.1. The van der Waals surface area contributed by atoms with Crippen LogP contribution in [0.5, 0.6) is 5.75 Å². The lowest BCUT2D eigenvalue weighted by Gasteiger charge is -2.14. The number of fused-ring (bicyclic) bond motifs is 1. The van der Waals surface area contributed by atoms with Crippen LogP contribution in [0.1, 0.15) is 18.2 Å². The van der Waals surface area contributed by atoms with Crippen LogP contribution in [0, 0.1) is 6.92 Å². The Morgan fingerprint density at radius 3 is 2.88 bits per heavy atom. The van der Waals surface area contributed by atoms with E-state index in [1.807, 2.05) is 6.92 Å². The molecule has 3 rings (SSSR count). The Morgan fingerprint density at radius 1 is 1.29 bits per heavy atom. The third kappa shape index (κ3) is 3.48. The summed E-state index contributed by atoms with van der Waals surface area (Å²) < 4.78 is 16.0. The number of benzene rings is 1. The van der Waals surface area contributed by atoms with Crippen LogP contribution in [0.15, 0.2) is 56.3 Å². The fraction of sp³-hybridized carbons (Fsp3) is 0.222. The second kappa shape index (κ2) is 6.62. The molecule has 1 aromatic carbocycles. The van der Waals surface area contributed by atoms with Crippen molar-refractivity contribution in [1.29, 1.82) is 0 Å². The highest BCUT2D eigenvalue weighted by Crippen LogP contribution is 2.23. The second-order valence-corrected chi connectivity index (χ2v) is 5.46. The number of nitrogens with one attached hydrogen (secondary N) is 1. The van der Waals surface area contributed by atoms with Crippen molar-refractivity contribution in [3.63, 3.8) is 0 Å². The van der Waals surface area contributed by atoms with E-state index < -0.39 is 11.7 Å². The number of amides is 1. The fourth-order valence-electron chi connectivity index (χ4n) is 2.37. The summed E-state index contributed by atoms with van der Waals surface area (Å²) in [6.07, 6.45) is 0.848. The van der Waals surface area contributed by atoms with Crippen molar-refractivity contribution in [3.8, 4) is 5.75 Å². The smallest absolute Gasteiger partial charge is 0.336 e. The van der Waals surface area contributed by atoms with Gasteiger partial charge in [0.2, 0.25) is 0 Å². The summed E-state index contributed by atoms with van der Waals surface area (Å²) in [6.45, 7) is 3.78. The van der Waals surface area contributed by atoms with Crippen LogP contribution < -0.4 is 15.7 Å². The predicted molar refractivity (Wildman–Crippen MR) is 87.9 cm³/mol. The first-order valence-corrected chi connectivity index (χ1v) is 7.54. The van der Waals surface area contributed by atoms with E-state index in [4.69, 9.17) is 13.6 Å². The van der Waals surface area contributed by atoms with Gasteiger partial charge >= 0.3 is 5.63 Å². The van der Waals surface area contributed by atoms with Gasteiger partial charge < -0.3 is 18.9 Å². The maximum absolute atomic E-state index is 12.1. The van der Waals surface area contributed by atoms with Crippen LogP contribution in [0.2, 0.25) is 0 Å². The summed E-state index contributed by atoms with van der Waals surface area (Å²) in [5.74, 6) is 0.854. The second-order valence-electron chi connectivity index (χ2n) is 5.46. The first kappa shape index (κ1) is 15.9. The Labute approximate surface area is 138 Å². The number of ether oxygens (including phenoxy) is 1. The molecule has 0 aliphatic heterocycles. The maximum Gasteiger partial charge on any atom is 0.336 e. The van der Waals surface area contributed by atoms with Crippen molar-refractivity contribution >= 4 is 16.9 Å². The zero-order valence-electron chi connectivity index (χ0n) is 13.4. The lowest BCUT2D eigenvalue weighted by molar-refractivity contribution is -0.127. The molecule has 0 spiro atoms. The number of carbonyl (C=O) groups excluding carboxylic acids is 1. The van der Waals surface area contributed by atoms with Gasteiger partial charge in [0.1, 0.15) is 17.1 Å². The van der Waals surface area contributed by atoms with E-state index in [0.717, 1.165) is 10.9 Å². The van der Waals surface area contributed by atoms with E-state index in [1.54, 1.807) is 43.5 Å². The van der Waals surface area contributed by atoms with Crippen molar-refractivity contribution < 1.29 is 18.4 Å². The molecule has 0 bridgehead atoms. The lowest BCUT2D eigenvalue weighted by Crippen LogP contribution is -2.35. The van der Waals surface area contributed by atoms with Crippen molar-refractivity contribution in [3.05, 3.63) is 64.4 Å². The highest BCUT2D eigenvalue weighted by Gasteiger charge is 2.15. The van der Waals surface area contributed by atoms with Gasteiger partial charge in [0.25, 0.3) is 5.91 Å². The number of hydrogen-bond acceptors (Lipinski definition) is 5. The predicted octanol–water partition coefficient (Wildman–Crippen LogP) is 2.78. The number of rotatable bonds is 5. The van der Waals surface area contributed by atoms with Gasteiger partial charge in [-0.05, 0) is 43.7 Å². The highest BCUT2D eigenvalue weighted by molar-refractivity contribution is 5.82. The van der Waals surface area contributed by atoms with Gasteiger partial charge in [-0.15, -0.1) is 0 Å². The molecule has 1 amide bonds. The molecule has 6 heteroatoms. The Kier molecular flexibility index (Phi) is 4.37. The summed E-state index contributed by atoms with van der Waals surface area (Å²) in [5.41, 5.74) is 0.846. The Bertz CT molecular complexity index is 911. The largest absolute Gasteiger partial charge is 0.481 e. The van der Waals surface area contributed by atoms with Crippen molar-refractivity contribution in [2.24, 2.45) is 0 Å². The highest BCUT2D eigenvalue weighted by atomic mass is 16.5. The van der Waals surface area contributed by atoms with Crippen LogP contribution >= 0.6 is 0 Å². The van der Waals surface area contributed by atoms with Gasteiger partial charge in [-0.1, -0.05) is 0 Å². The van der Waals surface area contributed by atoms with Crippen LogP contribution in [-0.2, 0) is 11.3 Å². The SMILES string of the molecule is Cc1cc(=O)oc2cc(OC(C)C(=O)NCc3ccco3)ccc12. The molecule has 6 nitrogen and oxygen atoms in total. The maximum atomic E-state index is 12.1. The molecule has 0 saturated heterocycles. The monoisotopic (exact) mass is 327 g/mol. The molecule has 2 heterocycles. The zero-order chi connectivity index (χ0) is 17.1. The molecule has 0 saturated carbocycles. The molecule has 0 aliphatic carbocycles. The van der Waals surface area contributed by atoms with Gasteiger partial charge in [-0.25, -0.2) is 4.79 Å². The van der Waals surface area contributed by atoms with E-state index in [2.05, 4.69) is 5.32 Å². The number of carbonyl (C=O) groups is 1. The normalized spacial score (nSPS) is 12.1. The Balaban J connectivity index is 1.69. The van der Waals surface area contributed by atoms with Crippen LogP contribution in [0.25, 0.3) is 11.0 Å². The molecule has 0 fully saturated rings. The molecule has 124 valence electrons. The molecule has 0 radical (unpaired) electrons. The summed E-state index contributed by atoms with van der Waals surface area (Å²) in [4.78, 5) is 23.5. The van der Waals surface area contributed by atoms with Crippen molar-refractivity contribution in [2.45, 2.75) is 26.5 Å². The van der Waals surface area contributed by atoms with Gasteiger partial charge in [-0.2, -0.15) is 0 Å². The van der Waals surface area contributed by atoms with Gasteiger partial charge in [0, 0.05) is 17.5 Å². The van der Waals surface area contributed by atoms with Crippen molar-refractivity contribution in [2.75, 3.05) is 0 Å². The summed E-state index contributed by atoms with van der Waals surface area (Å²) in [5, 5.41) is 3.56. The fourth-order valence-corrected chi connectivity index (χ4v) is 2.37. The Morgan fingerprint density at radius 2 is 2.12 bits per heavy atom. The third-order valence-electron chi connectivity index (χ3n) is 3.62. The number of furan rings is 1. The van der Waals surface area contributed by atoms with Crippen LogP contribution in [0.4, 0.5) is 0 Å². The first-order valence-electron chi connectivity index (χ1n) is 7.54. The van der Waals surface area contributed by atoms with E-state index in [9.17, 15) is 9.59 Å². The van der Waals surface area contributed by atoms with Gasteiger partial charge in [-0.3, -0.25) is 4.79 Å². The molecule has 1 unspecified atom stereocenters. The molecule has 1 atom stereocenters. The molecule has 0 aliphatic rings. The third-order valence-corrected chi connectivity index (χ3v) is 3.62. The topological polar surface area (TPSA) is 81.7 Å². The summed E-state index contributed by atoms with van der Waals surface area (Å²) >= 11 is 0. The zero-order valence-corrected chi connectivity index (χ0v) is 13.4. The minimum absolute atomic E-state index is 0.266. The summed E-state index contributed by atoms with van der Waals surface area (Å²) in [6, 6.07) is 10.1. The van der Waals surface area contributed by atoms with E-state index in [-0.39, 0.29) is 5.91 Å². The Hall–Kier alpha value is -3.02. The minimum Gasteiger partial charge on any atom is -0.481 e. The molecular formula is C18H17NO5. The molecule has 1 N–H and O–H groups in total. The standard InChI is InChI=1S/C18H17NO5/c1-11-8-17(20)24-16-9-13(5-6-15(11)16)23-12(2)18(21)19-10-14-4-3-7-22-14/h3-9,12H,10H2,1-2H3,(H,19,21). The van der Waals surface area contributed by atoms with E-state index in [1.165, 1.54) is 6.07 Å².